The third kappa shape index (κ3) is 4.66. The molecule has 0 N–H and O–H groups in total. The van der Waals surface area contributed by atoms with E-state index >= 15 is 0 Å². The second kappa shape index (κ2) is 9.86. The molecule has 0 aliphatic rings. The third-order valence-electron chi connectivity index (χ3n) is 4.38. The van der Waals surface area contributed by atoms with Gasteiger partial charge in [0, 0.05) is 18.3 Å². The van der Waals surface area contributed by atoms with Gasteiger partial charge in [-0.1, -0.05) is 43.1 Å². The molecule has 0 radical (unpaired) electrons. The SMILES string of the molecule is COc1cc(OC)c(C(=O)P(=O)(CC(C)C)C(=O)c2c(Cl)cccc2Cl)c(OC)c1. The number of benzene rings is 2. The van der Waals surface area contributed by atoms with Crippen LogP contribution in [0.5, 0.6) is 17.2 Å². The highest BCUT2D eigenvalue weighted by Gasteiger charge is 2.45. The van der Waals surface area contributed by atoms with Crippen LogP contribution in [-0.2, 0) is 4.57 Å². The van der Waals surface area contributed by atoms with Crippen molar-refractivity contribution in [1.82, 2.24) is 0 Å². The van der Waals surface area contributed by atoms with Crippen LogP contribution >= 0.6 is 30.3 Å². The maximum absolute atomic E-state index is 14.1. The fourth-order valence-electron chi connectivity index (χ4n) is 3.05. The summed E-state index contributed by atoms with van der Waals surface area (Å²) >= 11 is 12.3. The van der Waals surface area contributed by atoms with E-state index in [0.29, 0.717) is 5.75 Å². The number of carbonyl (C=O) groups is 2. The maximum atomic E-state index is 14.1. The van der Waals surface area contributed by atoms with Gasteiger partial charge in [-0.2, -0.15) is 0 Å². The average molecular weight is 473 g/mol. The van der Waals surface area contributed by atoms with Gasteiger partial charge >= 0.3 is 0 Å². The normalized spacial score (nSPS) is 12.9. The van der Waals surface area contributed by atoms with Crippen molar-refractivity contribution in [3.8, 4) is 17.2 Å². The first-order chi connectivity index (χ1) is 14.1. The number of hydrogen-bond donors (Lipinski definition) is 0. The van der Waals surface area contributed by atoms with E-state index in [-0.39, 0.29) is 44.8 Å². The molecule has 0 bridgehead atoms. The number of halogens is 2. The predicted octanol–water partition coefficient (Wildman–Crippen LogP) is 6.02. The summed E-state index contributed by atoms with van der Waals surface area (Å²) < 4.78 is 29.9. The molecule has 0 spiro atoms. The van der Waals surface area contributed by atoms with E-state index in [1.165, 1.54) is 45.6 Å². The van der Waals surface area contributed by atoms with Crippen LogP contribution in [0.1, 0.15) is 34.6 Å². The molecule has 0 aromatic heterocycles. The highest BCUT2D eigenvalue weighted by Crippen LogP contribution is 2.57. The van der Waals surface area contributed by atoms with Crippen LogP contribution < -0.4 is 14.2 Å². The van der Waals surface area contributed by atoms with Crippen molar-refractivity contribution in [2.75, 3.05) is 27.5 Å². The monoisotopic (exact) mass is 472 g/mol. The number of methoxy groups -OCH3 is 3. The Morgan fingerprint density at radius 1 is 0.900 bits per heavy atom. The molecule has 2 aromatic rings. The molecule has 9 heteroatoms. The van der Waals surface area contributed by atoms with Gasteiger partial charge in [0.2, 0.25) is 18.2 Å². The van der Waals surface area contributed by atoms with E-state index in [2.05, 4.69) is 0 Å². The molecule has 0 aliphatic carbocycles. The van der Waals surface area contributed by atoms with Crippen molar-refractivity contribution in [2.24, 2.45) is 5.92 Å². The molecule has 2 aromatic carbocycles. The Morgan fingerprint density at radius 2 is 1.37 bits per heavy atom. The first kappa shape index (κ1) is 24.3. The van der Waals surface area contributed by atoms with Crippen LogP contribution in [0.25, 0.3) is 0 Å². The quantitative estimate of drug-likeness (QED) is 0.415. The third-order valence-corrected chi connectivity index (χ3v) is 8.02. The molecule has 1 atom stereocenters. The van der Waals surface area contributed by atoms with Crippen LogP contribution in [0.4, 0.5) is 0 Å². The van der Waals surface area contributed by atoms with Crippen molar-refractivity contribution in [2.45, 2.75) is 13.8 Å². The van der Waals surface area contributed by atoms with Crippen LogP contribution in [0.3, 0.4) is 0 Å². The minimum absolute atomic E-state index is 0.0259. The lowest BCUT2D eigenvalue weighted by atomic mass is 10.2. The Bertz CT molecular complexity index is 973. The van der Waals surface area contributed by atoms with Crippen LogP contribution in [0, 0.1) is 5.92 Å². The van der Waals surface area contributed by atoms with E-state index in [1.54, 1.807) is 19.9 Å². The van der Waals surface area contributed by atoms with Crippen molar-refractivity contribution in [3.05, 3.63) is 51.5 Å². The van der Waals surface area contributed by atoms with Crippen LogP contribution in [0.15, 0.2) is 30.3 Å². The van der Waals surface area contributed by atoms with E-state index in [4.69, 9.17) is 37.4 Å². The van der Waals surface area contributed by atoms with Crippen molar-refractivity contribution < 1.29 is 28.4 Å². The summed E-state index contributed by atoms with van der Waals surface area (Å²) in [6, 6.07) is 7.40. The van der Waals surface area contributed by atoms with Crippen molar-refractivity contribution in [3.63, 3.8) is 0 Å². The number of hydrogen-bond acceptors (Lipinski definition) is 6. The molecule has 1 unspecified atom stereocenters. The Hall–Kier alpha value is -2.01. The van der Waals surface area contributed by atoms with Gasteiger partial charge in [0.1, 0.15) is 22.8 Å². The number of ether oxygens (including phenoxy) is 3. The Morgan fingerprint density at radius 3 is 1.77 bits per heavy atom. The zero-order valence-corrected chi connectivity index (χ0v) is 19.7. The molecule has 6 nitrogen and oxygen atoms in total. The smallest absolute Gasteiger partial charge is 0.236 e. The number of carbonyl (C=O) groups excluding carboxylic acids is 2. The maximum Gasteiger partial charge on any atom is 0.236 e. The molecule has 2 rings (SSSR count). The van der Waals surface area contributed by atoms with E-state index in [9.17, 15) is 14.2 Å². The molecule has 0 saturated heterocycles. The Labute approximate surface area is 185 Å². The topological polar surface area (TPSA) is 78.9 Å². The largest absolute Gasteiger partial charge is 0.496 e. The lowest BCUT2D eigenvalue weighted by Gasteiger charge is -2.21. The van der Waals surface area contributed by atoms with E-state index < -0.39 is 18.2 Å². The standard InChI is InChI=1S/C21H23Cl2O6P/c1-12(2)11-30(26,20(24)18-14(22)7-6-8-15(18)23)21(25)19-16(28-4)9-13(27-3)10-17(19)29-5/h6-10,12H,11H2,1-5H3. The zero-order valence-electron chi connectivity index (χ0n) is 17.3. The van der Waals surface area contributed by atoms with Crippen molar-refractivity contribution >= 4 is 41.4 Å². The fraction of sp³-hybridized carbons (Fsp3) is 0.333. The van der Waals surface area contributed by atoms with Gasteiger partial charge in [-0.05, 0) is 18.1 Å². The highest BCUT2D eigenvalue weighted by molar-refractivity contribution is 7.95. The lowest BCUT2D eigenvalue weighted by molar-refractivity contribution is 0.103. The summed E-state index contributed by atoms with van der Waals surface area (Å²) in [5.74, 6) is 0.316. The second-order valence-electron chi connectivity index (χ2n) is 6.93. The van der Waals surface area contributed by atoms with E-state index in [1.807, 2.05) is 0 Å². The zero-order chi connectivity index (χ0) is 22.6. The summed E-state index contributed by atoms with van der Waals surface area (Å²) in [5, 5.41) is 0.0517. The van der Waals surface area contributed by atoms with Gasteiger partial charge in [0.25, 0.3) is 0 Å². The van der Waals surface area contributed by atoms with Crippen LogP contribution in [-0.4, -0.2) is 38.5 Å². The summed E-state index contributed by atoms with van der Waals surface area (Å²) in [4.78, 5) is 27.0. The average Bonchev–Trinajstić information content (AvgIpc) is 2.71. The molecule has 0 amide bonds. The Balaban J connectivity index is 2.76. The molecular formula is C21H23Cl2O6P. The molecular weight excluding hydrogens is 450 g/mol. The number of rotatable bonds is 9. The Kier molecular flexibility index (Phi) is 7.98. The minimum Gasteiger partial charge on any atom is -0.496 e. The molecule has 162 valence electrons. The minimum atomic E-state index is -4.21. The van der Waals surface area contributed by atoms with Gasteiger partial charge in [0.15, 0.2) is 0 Å². The summed E-state index contributed by atoms with van der Waals surface area (Å²) in [5.41, 5.74) is -2.00. The lowest BCUT2D eigenvalue weighted by Crippen LogP contribution is -2.18. The van der Waals surface area contributed by atoms with E-state index in [0.717, 1.165) is 0 Å². The van der Waals surface area contributed by atoms with Gasteiger partial charge in [-0.25, -0.2) is 0 Å². The summed E-state index contributed by atoms with van der Waals surface area (Å²) in [6.07, 6.45) is -0.162. The predicted molar refractivity (Wildman–Crippen MR) is 119 cm³/mol. The van der Waals surface area contributed by atoms with Gasteiger partial charge in [0.05, 0.1) is 36.9 Å². The van der Waals surface area contributed by atoms with Gasteiger partial charge < -0.3 is 18.8 Å². The molecule has 0 heterocycles. The summed E-state index contributed by atoms with van der Waals surface area (Å²) in [7, 11) is -0.0552. The molecule has 0 aliphatic heterocycles. The summed E-state index contributed by atoms with van der Waals surface area (Å²) in [6.45, 7) is 3.54. The second-order valence-corrected chi connectivity index (χ2v) is 10.4. The fourth-order valence-corrected chi connectivity index (χ4v) is 6.48. The van der Waals surface area contributed by atoms with Crippen LogP contribution in [0.2, 0.25) is 10.0 Å². The van der Waals surface area contributed by atoms with Gasteiger partial charge in [-0.15, -0.1) is 0 Å². The molecule has 0 fully saturated rings. The molecule has 0 saturated carbocycles. The first-order valence-electron chi connectivity index (χ1n) is 9.03. The van der Waals surface area contributed by atoms with Crippen molar-refractivity contribution in [1.29, 1.82) is 0 Å². The molecule has 30 heavy (non-hydrogen) atoms. The highest BCUT2D eigenvalue weighted by atomic mass is 35.5. The first-order valence-corrected chi connectivity index (χ1v) is 11.7. The van der Waals surface area contributed by atoms with Gasteiger partial charge in [-0.3, -0.25) is 9.59 Å².